The molecule has 34 heavy (non-hydrogen) atoms. The molecule has 2 aromatic rings. The van der Waals surface area contributed by atoms with E-state index >= 15 is 0 Å². The van der Waals surface area contributed by atoms with E-state index in [-0.39, 0.29) is 17.9 Å². The molecule has 1 N–H and O–H groups in total. The summed E-state index contributed by atoms with van der Waals surface area (Å²) in [4.78, 5) is 28.3. The zero-order valence-electron chi connectivity index (χ0n) is 20.4. The van der Waals surface area contributed by atoms with Crippen molar-refractivity contribution in [3.63, 3.8) is 0 Å². The Bertz CT molecular complexity index is 908. The Balaban J connectivity index is 1.63. The van der Waals surface area contributed by atoms with E-state index in [0.717, 1.165) is 37.0 Å². The number of ether oxygens (including phenoxy) is 1. The molecule has 0 spiro atoms. The zero-order chi connectivity index (χ0) is 24.3. The third kappa shape index (κ3) is 8.05. The van der Waals surface area contributed by atoms with Gasteiger partial charge in [-0.05, 0) is 62.4 Å². The summed E-state index contributed by atoms with van der Waals surface area (Å²) in [5.74, 6) is 0.718. The van der Waals surface area contributed by atoms with Gasteiger partial charge in [-0.15, -0.1) is 0 Å². The Kier molecular flexibility index (Phi) is 10.3. The van der Waals surface area contributed by atoms with Gasteiger partial charge in [0.25, 0.3) is 0 Å². The first-order chi connectivity index (χ1) is 16.5. The van der Waals surface area contributed by atoms with Crippen molar-refractivity contribution in [1.29, 1.82) is 0 Å². The molecule has 0 aliphatic heterocycles. The molecule has 184 valence electrons. The van der Waals surface area contributed by atoms with Crippen LogP contribution in [0.5, 0.6) is 5.75 Å². The molecule has 2 amide bonds. The molecule has 0 radical (unpaired) electrons. The molecule has 0 heterocycles. The van der Waals surface area contributed by atoms with Gasteiger partial charge in [0, 0.05) is 24.0 Å². The Morgan fingerprint density at radius 2 is 1.74 bits per heavy atom. The van der Waals surface area contributed by atoms with Crippen LogP contribution < -0.4 is 10.1 Å². The highest BCUT2D eigenvalue weighted by molar-refractivity contribution is 6.30. The number of hydrogen-bond donors (Lipinski definition) is 1. The van der Waals surface area contributed by atoms with Gasteiger partial charge in [-0.1, -0.05) is 67.6 Å². The van der Waals surface area contributed by atoms with Crippen molar-refractivity contribution >= 4 is 23.4 Å². The maximum atomic E-state index is 13.3. The number of nitrogens with one attached hydrogen (secondary N) is 1. The SMILES string of the molecule is CC[C@H](C(=O)NC1CCCCC1)N(Cc1ccc(Cl)cc1)C(=O)CCCOc1ccc(C)cc1. The first-order valence-electron chi connectivity index (χ1n) is 12.5. The van der Waals surface area contributed by atoms with Crippen molar-refractivity contribution in [2.45, 2.75) is 83.8 Å². The van der Waals surface area contributed by atoms with Crippen LogP contribution in [0.25, 0.3) is 0 Å². The molecular weight excluding hydrogens is 448 g/mol. The van der Waals surface area contributed by atoms with Crippen molar-refractivity contribution in [3.8, 4) is 5.75 Å². The minimum atomic E-state index is -0.497. The molecule has 6 heteroatoms. The quantitative estimate of drug-likeness (QED) is 0.394. The van der Waals surface area contributed by atoms with Crippen molar-refractivity contribution in [2.24, 2.45) is 0 Å². The molecule has 0 bridgehead atoms. The fourth-order valence-corrected chi connectivity index (χ4v) is 4.57. The fraction of sp³-hybridized carbons (Fsp3) is 0.500. The van der Waals surface area contributed by atoms with Crippen molar-refractivity contribution < 1.29 is 14.3 Å². The van der Waals surface area contributed by atoms with Crippen LogP contribution in [0.2, 0.25) is 5.02 Å². The van der Waals surface area contributed by atoms with Crippen LogP contribution in [-0.2, 0) is 16.1 Å². The van der Waals surface area contributed by atoms with Gasteiger partial charge in [0.05, 0.1) is 6.61 Å². The van der Waals surface area contributed by atoms with E-state index in [1.165, 1.54) is 12.0 Å². The van der Waals surface area contributed by atoms with Crippen molar-refractivity contribution in [1.82, 2.24) is 10.2 Å². The maximum Gasteiger partial charge on any atom is 0.243 e. The number of halogens is 1. The lowest BCUT2D eigenvalue weighted by molar-refractivity contribution is -0.142. The summed E-state index contributed by atoms with van der Waals surface area (Å²) in [6, 6.07) is 15.1. The normalized spacial score (nSPS) is 14.9. The molecule has 0 unspecified atom stereocenters. The molecular formula is C28H37ClN2O3. The van der Waals surface area contributed by atoms with Gasteiger partial charge in [0.15, 0.2) is 0 Å². The topological polar surface area (TPSA) is 58.6 Å². The number of nitrogens with zero attached hydrogens (tertiary/aromatic N) is 1. The Hall–Kier alpha value is -2.53. The Labute approximate surface area is 208 Å². The largest absolute Gasteiger partial charge is 0.494 e. The van der Waals surface area contributed by atoms with E-state index in [4.69, 9.17) is 16.3 Å². The van der Waals surface area contributed by atoms with Crippen molar-refractivity contribution in [2.75, 3.05) is 6.61 Å². The summed E-state index contributed by atoms with van der Waals surface area (Å²) in [5.41, 5.74) is 2.13. The summed E-state index contributed by atoms with van der Waals surface area (Å²) in [6.07, 6.45) is 7.05. The van der Waals surface area contributed by atoms with Crippen molar-refractivity contribution in [3.05, 3.63) is 64.7 Å². The van der Waals surface area contributed by atoms with Crippen LogP contribution in [-0.4, -0.2) is 35.4 Å². The molecule has 1 saturated carbocycles. The molecule has 0 aromatic heterocycles. The standard InChI is InChI=1S/C28H37ClN2O3/c1-3-26(28(33)30-24-8-5-4-6-9-24)31(20-22-13-15-23(29)16-14-22)27(32)10-7-19-34-25-17-11-21(2)12-18-25/h11-18,24,26H,3-10,19-20H2,1-2H3,(H,30,33)/t26-/m1/s1. The summed E-state index contributed by atoms with van der Waals surface area (Å²) >= 11 is 6.04. The number of hydrogen-bond acceptors (Lipinski definition) is 3. The summed E-state index contributed by atoms with van der Waals surface area (Å²) < 4.78 is 5.79. The van der Waals surface area contributed by atoms with Gasteiger partial charge >= 0.3 is 0 Å². The highest BCUT2D eigenvalue weighted by Gasteiger charge is 2.30. The van der Waals surface area contributed by atoms with E-state index < -0.39 is 6.04 Å². The number of benzene rings is 2. The highest BCUT2D eigenvalue weighted by Crippen LogP contribution is 2.20. The fourth-order valence-electron chi connectivity index (χ4n) is 4.44. The maximum absolute atomic E-state index is 13.3. The van der Waals surface area contributed by atoms with E-state index in [1.54, 1.807) is 4.90 Å². The molecule has 1 aliphatic carbocycles. The number of rotatable bonds is 11. The Morgan fingerprint density at radius 1 is 1.06 bits per heavy atom. The Morgan fingerprint density at radius 3 is 2.38 bits per heavy atom. The van der Waals surface area contributed by atoms with Gasteiger partial charge < -0.3 is 15.0 Å². The van der Waals surface area contributed by atoms with E-state index in [9.17, 15) is 9.59 Å². The number of carbonyl (C=O) groups excluding carboxylic acids is 2. The number of amides is 2. The lowest BCUT2D eigenvalue weighted by Crippen LogP contribution is -2.51. The lowest BCUT2D eigenvalue weighted by Gasteiger charge is -2.33. The average Bonchev–Trinajstić information content (AvgIpc) is 2.84. The summed E-state index contributed by atoms with van der Waals surface area (Å²) in [6.45, 7) is 4.83. The van der Waals surface area contributed by atoms with Crippen LogP contribution in [0.4, 0.5) is 0 Å². The molecule has 5 nitrogen and oxygen atoms in total. The van der Waals surface area contributed by atoms with E-state index in [2.05, 4.69) is 5.32 Å². The predicted molar refractivity (Wildman–Crippen MR) is 137 cm³/mol. The van der Waals surface area contributed by atoms with Gasteiger partial charge in [-0.3, -0.25) is 9.59 Å². The van der Waals surface area contributed by atoms with Crippen LogP contribution in [0.3, 0.4) is 0 Å². The molecule has 1 atom stereocenters. The first kappa shape index (κ1) is 26.1. The molecule has 1 aliphatic rings. The monoisotopic (exact) mass is 484 g/mol. The summed E-state index contributed by atoms with van der Waals surface area (Å²) in [7, 11) is 0. The highest BCUT2D eigenvalue weighted by atomic mass is 35.5. The van der Waals surface area contributed by atoms with Crippen LogP contribution >= 0.6 is 11.6 Å². The lowest BCUT2D eigenvalue weighted by atomic mass is 9.95. The van der Waals surface area contributed by atoms with Gasteiger partial charge in [0.2, 0.25) is 11.8 Å². The molecule has 2 aromatic carbocycles. The predicted octanol–water partition coefficient (Wildman–Crippen LogP) is 6.06. The van der Waals surface area contributed by atoms with Crippen LogP contribution in [0, 0.1) is 6.92 Å². The number of carbonyl (C=O) groups is 2. The second kappa shape index (κ2) is 13.4. The van der Waals surface area contributed by atoms with E-state index in [1.807, 2.05) is 62.4 Å². The van der Waals surface area contributed by atoms with Crippen LogP contribution in [0.15, 0.2) is 48.5 Å². The molecule has 1 fully saturated rings. The second-order valence-corrected chi connectivity index (χ2v) is 9.62. The van der Waals surface area contributed by atoms with Gasteiger partial charge in [-0.2, -0.15) is 0 Å². The first-order valence-corrected chi connectivity index (χ1v) is 12.9. The minimum absolute atomic E-state index is 0.0342. The third-order valence-electron chi connectivity index (χ3n) is 6.43. The van der Waals surface area contributed by atoms with Gasteiger partial charge in [-0.25, -0.2) is 0 Å². The molecule has 0 saturated heterocycles. The average molecular weight is 485 g/mol. The summed E-state index contributed by atoms with van der Waals surface area (Å²) in [5, 5.41) is 3.86. The van der Waals surface area contributed by atoms with Crippen LogP contribution in [0.1, 0.15) is 69.4 Å². The smallest absolute Gasteiger partial charge is 0.243 e. The molecule has 3 rings (SSSR count). The zero-order valence-corrected chi connectivity index (χ0v) is 21.2. The minimum Gasteiger partial charge on any atom is -0.494 e. The third-order valence-corrected chi connectivity index (χ3v) is 6.68. The van der Waals surface area contributed by atoms with Gasteiger partial charge in [0.1, 0.15) is 11.8 Å². The number of aryl methyl sites for hydroxylation is 1. The van der Waals surface area contributed by atoms with E-state index in [0.29, 0.717) is 37.4 Å². The second-order valence-electron chi connectivity index (χ2n) is 9.18.